The molecule has 3 aromatic carbocycles. The highest BCUT2D eigenvalue weighted by Crippen LogP contribution is 2.33. The number of pyridine rings is 1. The Labute approximate surface area is 292 Å². The summed E-state index contributed by atoms with van der Waals surface area (Å²) in [5, 5.41) is 38.1. The molecule has 6 rings (SSSR count). The first-order chi connectivity index (χ1) is 24.1. The molecule has 5 aromatic rings. The third-order valence-electron chi connectivity index (χ3n) is 9.70. The number of aryl methyl sites for hydroxylation is 2. The second-order valence-corrected chi connectivity index (χ2v) is 13.8. The first-order valence-corrected chi connectivity index (χ1v) is 17.6. The van der Waals surface area contributed by atoms with Crippen molar-refractivity contribution in [3.63, 3.8) is 0 Å². The van der Waals surface area contributed by atoms with Gasteiger partial charge in [0, 0.05) is 66.8 Å². The van der Waals surface area contributed by atoms with Crippen molar-refractivity contribution >= 4 is 33.4 Å². The third kappa shape index (κ3) is 7.70. The van der Waals surface area contributed by atoms with E-state index >= 15 is 0 Å². The number of rotatable bonds is 13. The molecule has 1 saturated heterocycles. The number of aliphatic hydroxyl groups excluding tert-OH is 1. The standard InChI is InChI=1S/C39H48N6O5/c1-5-25-19-32-31(22-42-45(32)6-2)36(43-27-14-16-50-17-15-27)30(25)21-40-38(49)26-9-7-8-24(18-26)20-39(3,4)41-23-34(47)28-10-12-33(46)37-29(28)11-13-35(48)44-37/h7-13,18-19,22,27,34,41,43,46-47H,5-6,14-17,20-21,23H2,1-4H3,(H,40,49)(H,44,48)/t34-/m0/s1. The number of amides is 1. The highest BCUT2D eigenvalue weighted by atomic mass is 16.5. The van der Waals surface area contributed by atoms with Crippen LogP contribution in [0.2, 0.25) is 0 Å². The molecule has 50 heavy (non-hydrogen) atoms. The van der Waals surface area contributed by atoms with E-state index in [2.05, 4.69) is 59.8 Å². The van der Waals surface area contributed by atoms with E-state index in [0.717, 1.165) is 66.7 Å². The number of H-pyrrole nitrogens is 1. The Bertz CT molecular complexity index is 2040. The quantitative estimate of drug-likeness (QED) is 0.0976. The molecular weight excluding hydrogens is 632 g/mol. The lowest BCUT2D eigenvalue weighted by Gasteiger charge is -2.28. The SMILES string of the molecule is CCc1cc2c(cnn2CC)c(NC2CCOCC2)c1CNC(=O)c1cccc(CC(C)(C)NC[C@H](O)c2ccc(O)c3[nH]c(=O)ccc23)c1. The molecule has 6 N–H and O–H groups in total. The third-order valence-corrected chi connectivity index (χ3v) is 9.70. The number of nitrogens with zero attached hydrogens (tertiary/aromatic N) is 2. The number of β-amino-alcohol motifs (C(OH)–C–C–N with tert-alkyl or cyclic N) is 1. The topological polar surface area (TPSA) is 154 Å². The number of aromatic nitrogens is 3. The van der Waals surface area contributed by atoms with Gasteiger partial charge in [0.15, 0.2) is 0 Å². The summed E-state index contributed by atoms with van der Waals surface area (Å²) in [6.07, 6.45) is 4.35. The number of ether oxygens (including phenoxy) is 1. The maximum absolute atomic E-state index is 13.6. The zero-order chi connectivity index (χ0) is 35.4. The lowest BCUT2D eigenvalue weighted by atomic mass is 9.93. The van der Waals surface area contributed by atoms with Crippen LogP contribution in [0.15, 0.2) is 65.6 Å². The second-order valence-electron chi connectivity index (χ2n) is 13.8. The fourth-order valence-electron chi connectivity index (χ4n) is 6.99. The molecule has 1 aliphatic rings. The molecule has 0 saturated carbocycles. The van der Waals surface area contributed by atoms with Crippen LogP contribution >= 0.6 is 0 Å². The maximum Gasteiger partial charge on any atom is 0.251 e. The summed E-state index contributed by atoms with van der Waals surface area (Å²) in [4.78, 5) is 28.1. The van der Waals surface area contributed by atoms with Gasteiger partial charge in [-0.2, -0.15) is 5.10 Å². The van der Waals surface area contributed by atoms with Gasteiger partial charge in [-0.05, 0) is 99.0 Å². The number of carbonyl (C=O) groups excluding carboxylic acids is 1. The minimum Gasteiger partial charge on any atom is -0.506 e. The van der Waals surface area contributed by atoms with E-state index in [-0.39, 0.29) is 23.8 Å². The van der Waals surface area contributed by atoms with Crippen molar-refractivity contribution in [3.05, 3.63) is 99.0 Å². The highest BCUT2D eigenvalue weighted by molar-refractivity contribution is 5.96. The molecule has 0 spiro atoms. The molecule has 11 nitrogen and oxygen atoms in total. The van der Waals surface area contributed by atoms with Gasteiger partial charge in [0.05, 0.1) is 29.0 Å². The summed E-state index contributed by atoms with van der Waals surface area (Å²) in [7, 11) is 0. The van der Waals surface area contributed by atoms with E-state index in [1.807, 2.05) is 35.1 Å². The summed E-state index contributed by atoms with van der Waals surface area (Å²) < 4.78 is 7.63. The lowest BCUT2D eigenvalue weighted by molar-refractivity contribution is 0.0904. The van der Waals surface area contributed by atoms with Crippen LogP contribution in [0.3, 0.4) is 0 Å². The van der Waals surface area contributed by atoms with Crippen molar-refractivity contribution in [3.8, 4) is 5.75 Å². The van der Waals surface area contributed by atoms with Gasteiger partial charge in [-0.1, -0.05) is 25.1 Å². The Morgan fingerprint density at radius 1 is 1.10 bits per heavy atom. The van der Waals surface area contributed by atoms with Gasteiger partial charge in [-0.25, -0.2) is 0 Å². The molecule has 11 heteroatoms. The fourth-order valence-corrected chi connectivity index (χ4v) is 6.99. The van der Waals surface area contributed by atoms with Crippen molar-refractivity contribution in [1.82, 2.24) is 25.4 Å². The van der Waals surface area contributed by atoms with Gasteiger partial charge in [0.25, 0.3) is 5.91 Å². The van der Waals surface area contributed by atoms with Gasteiger partial charge < -0.3 is 35.9 Å². The largest absolute Gasteiger partial charge is 0.506 e. The maximum atomic E-state index is 13.6. The van der Waals surface area contributed by atoms with Crippen molar-refractivity contribution in [2.24, 2.45) is 0 Å². The van der Waals surface area contributed by atoms with Crippen LogP contribution in [0.4, 0.5) is 5.69 Å². The number of aromatic amines is 1. The number of hydrogen-bond donors (Lipinski definition) is 6. The lowest BCUT2D eigenvalue weighted by Crippen LogP contribution is -2.43. The molecule has 0 unspecified atom stereocenters. The van der Waals surface area contributed by atoms with Crippen LogP contribution in [-0.4, -0.2) is 62.2 Å². The minimum absolute atomic E-state index is 0.0474. The Morgan fingerprint density at radius 3 is 2.66 bits per heavy atom. The van der Waals surface area contributed by atoms with Crippen molar-refractivity contribution in [2.75, 3.05) is 25.1 Å². The van der Waals surface area contributed by atoms with E-state index in [4.69, 9.17) is 4.74 Å². The number of aliphatic hydroxyl groups is 1. The normalized spacial score (nSPS) is 14.7. The Hall–Kier alpha value is -4.71. The smallest absolute Gasteiger partial charge is 0.251 e. The zero-order valence-corrected chi connectivity index (χ0v) is 29.3. The van der Waals surface area contributed by atoms with E-state index < -0.39 is 11.6 Å². The Morgan fingerprint density at radius 2 is 1.90 bits per heavy atom. The predicted octanol–water partition coefficient (Wildman–Crippen LogP) is 5.33. The molecule has 264 valence electrons. The van der Waals surface area contributed by atoms with Crippen LogP contribution in [0.5, 0.6) is 5.75 Å². The van der Waals surface area contributed by atoms with Crippen LogP contribution < -0.4 is 21.5 Å². The van der Waals surface area contributed by atoms with Crippen LogP contribution in [0, 0.1) is 0 Å². The number of phenolic OH excluding ortho intramolecular Hbond substituents is 1. The number of phenols is 1. The molecular formula is C39H48N6O5. The average molecular weight is 681 g/mol. The molecule has 1 atom stereocenters. The summed E-state index contributed by atoms with van der Waals surface area (Å²) in [6, 6.07) is 16.3. The highest BCUT2D eigenvalue weighted by Gasteiger charge is 2.24. The summed E-state index contributed by atoms with van der Waals surface area (Å²) in [6.45, 7) is 11.2. The fraction of sp³-hybridized carbons (Fsp3) is 0.410. The monoisotopic (exact) mass is 680 g/mol. The minimum atomic E-state index is -0.880. The zero-order valence-electron chi connectivity index (χ0n) is 29.3. The predicted molar refractivity (Wildman–Crippen MR) is 197 cm³/mol. The summed E-state index contributed by atoms with van der Waals surface area (Å²) in [5.41, 5.74) is 6.14. The van der Waals surface area contributed by atoms with Gasteiger partial charge >= 0.3 is 0 Å². The van der Waals surface area contributed by atoms with Crippen molar-refractivity contribution < 1.29 is 19.7 Å². The number of nitrogens with one attached hydrogen (secondary N) is 4. The molecule has 0 radical (unpaired) electrons. The van der Waals surface area contributed by atoms with Crippen LogP contribution in [0.25, 0.3) is 21.8 Å². The number of hydrogen-bond acceptors (Lipinski definition) is 8. The number of carbonyl (C=O) groups is 1. The van der Waals surface area contributed by atoms with E-state index in [9.17, 15) is 19.8 Å². The van der Waals surface area contributed by atoms with E-state index in [1.165, 1.54) is 17.7 Å². The van der Waals surface area contributed by atoms with Crippen LogP contribution in [0.1, 0.15) is 79.3 Å². The molecule has 1 aliphatic heterocycles. The van der Waals surface area contributed by atoms with Crippen molar-refractivity contribution in [2.45, 2.75) is 84.2 Å². The number of fused-ring (bicyclic) bond motifs is 2. The first-order valence-electron chi connectivity index (χ1n) is 17.6. The van der Waals surface area contributed by atoms with Gasteiger partial charge in [0.2, 0.25) is 5.56 Å². The summed E-state index contributed by atoms with van der Waals surface area (Å²) in [5.74, 6) is -0.192. The Kier molecular flexibility index (Phi) is 10.6. The van der Waals surface area contributed by atoms with E-state index in [0.29, 0.717) is 41.0 Å². The molecule has 2 aromatic heterocycles. The first kappa shape index (κ1) is 35.1. The number of aromatic hydroxyl groups is 1. The Balaban J connectivity index is 1.14. The molecule has 0 bridgehead atoms. The summed E-state index contributed by atoms with van der Waals surface area (Å²) >= 11 is 0. The van der Waals surface area contributed by atoms with Gasteiger partial charge in [-0.3, -0.25) is 14.3 Å². The molecule has 1 amide bonds. The van der Waals surface area contributed by atoms with Gasteiger partial charge in [0.1, 0.15) is 5.75 Å². The molecule has 1 fully saturated rings. The molecule has 0 aliphatic carbocycles. The average Bonchev–Trinajstić information content (AvgIpc) is 3.53. The van der Waals surface area contributed by atoms with Crippen molar-refractivity contribution in [1.29, 1.82) is 0 Å². The number of anilines is 1. The van der Waals surface area contributed by atoms with Gasteiger partial charge in [-0.15, -0.1) is 0 Å². The number of benzene rings is 3. The van der Waals surface area contributed by atoms with E-state index in [1.54, 1.807) is 12.1 Å². The van der Waals surface area contributed by atoms with Crippen LogP contribution in [-0.2, 0) is 30.7 Å². The molecule has 3 heterocycles. The second kappa shape index (κ2) is 15.0.